The number of aliphatic hydroxyl groups is 1. The van der Waals surface area contributed by atoms with Crippen LogP contribution in [0.4, 0.5) is 21.6 Å². The first kappa shape index (κ1) is 25.9. The number of amides is 1. The number of benzene rings is 1. The van der Waals surface area contributed by atoms with Crippen LogP contribution < -0.4 is 15.8 Å². The smallest absolute Gasteiger partial charge is 0.259 e. The van der Waals surface area contributed by atoms with Crippen LogP contribution in [0, 0.1) is 5.82 Å². The molecule has 2 saturated heterocycles. The van der Waals surface area contributed by atoms with Gasteiger partial charge in [0, 0.05) is 43.5 Å². The molecule has 40 heavy (non-hydrogen) atoms. The first-order chi connectivity index (χ1) is 19.5. The van der Waals surface area contributed by atoms with Gasteiger partial charge in [-0.15, -0.1) is 0 Å². The van der Waals surface area contributed by atoms with Gasteiger partial charge in [0.1, 0.15) is 11.6 Å². The van der Waals surface area contributed by atoms with Crippen molar-refractivity contribution < 1.29 is 19.0 Å². The molecule has 1 aromatic carbocycles. The first-order valence-electron chi connectivity index (χ1n) is 13.3. The third kappa shape index (κ3) is 5.25. The second-order valence-corrected chi connectivity index (χ2v) is 9.97. The number of fused-ring (bicyclic) bond motifs is 1. The van der Waals surface area contributed by atoms with Gasteiger partial charge in [-0.3, -0.25) is 9.59 Å². The maximum Gasteiger partial charge on any atom is 0.259 e. The molecule has 0 atom stereocenters. The highest BCUT2D eigenvalue weighted by atomic mass is 19.1. The molecule has 2 aliphatic rings. The highest BCUT2D eigenvalue weighted by Gasteiger charge is 2.21. The highest BCUT2D eigenvalue weighted by Crippen LogP contribution is 2.31. The Bertz CT molecular complexity index is 1590. The van der Waals surface area contributed by atoms with Crippen molar-refractivity contribution >= 4 is 34.0 Å². The third-order valence-corrected chi connectivity index (χ3v) is 7.36. The lowest BCUT2D eigenvalue weighted by Crippen LogP contribution is -2.40. The van der Waals surface area contributed by atoms with Crippen LogP contribution in [0.25, 0.3) is 22.2 Å². The van der Waals surface area contributed by atoms with Gasteiger partial charge in [0.25, 0.3) is 11.5 Å². The molecule has 1 amide bonds. The van der Waals surface area contributed by atoms with Gasteiger partial charge in [0.15, 0.2) is 0 Å². The molecule has 5 heterocycles. The summed E-state index contributed by atoms with van der Waals surface area (Å²) in [5, 5.41) is 13.3. The van der Waals surface area contributed by atoms with Crippen LogP contribution in [0.5, 0.6) is 0 Å². The van der Waals surface area contributed by atoms with Crippen molar-refractivity contribution in [2.75, 3.05) is 49.6 Å². The number of H-pyrrole nitrogens is 1. The molecular formula is C29H29FN6O4. The monoisotopic (exact) mass is 544 g/mol. The third-order valence-electron chi connectivity index (χ3n) is 7.36. The van der Waals surface area contributed by atoms with Crippen molar-refractivity contribution in [1.82, 2.24) is 19.9 Å². The lowest BCUT2D eigenvalue weighted by Gasteiger charge is -2.31. The molecule has 4 aromatic rings. The number of anilines is 3. The van der Waals surface area contributed by atoms with Crippen LogP contribution in [-0.2, 0) is 4.74 Å². The number of halogens is 1. The fourth-order valence-corrected chi connectivity index (χ4v) is 5.14. The number of morpholine rings is 1. The van der Waals surface area contributed by atoms with Gasteiger partial charge < -0.3 is 29.9 Å². The molecule has 0 radical (unpaired) electrons. The Morgan fingerprint density at radius 2 is 1.88 bits per heavy atom. The van der Waals surface area contributed by atoms with Gasteiger partial charge in [-0.05, 0) is 55.3 Å². The van der Waals surface area contributed by atoms with E-state index in [0.29, 0.717) is 67.2 Å². The number of aromatic nitrogens is 3. The van der Waals surface area contributed by atoms with Crippen LogP contribution >= 0.6 is 0 Å². The Hall–Kier alpha value is -4.35. The Kier molecular flexibility index (Phi) is 7.14. The normalized spacial score (nSPS) is 16.4. The molecule has 11 heteroatoms. The molecular weight excluding hydrogens is 515 g/mol. The minimum atomic E-state index is -0.587. The molecule has 0 aliphatic carbocycles. The average molecular weight is 545 g/mol. The van der Waals surface area contributed by atoms with E-state index in [0.717, 1.165) is 18.8 Å². The number of ether oxygens (including phenoxy) is 1. The number of pyridine rings is 3. The molecule has 10 nitrogen and oxygen atoms in total. The summed E-state index contributed by atoms with van der Waals surface area (Å²) in [5.41, 5.74) is 2.20. The second-order valence-electron chi connectivity index (χ2n) is 9.97. The molecule has 0 bridgehead atoms. The standard InChI is InChI=1S/C29H29FN6O4/c30-22-15-18(29(39)36-11-13-40-14-12-36)1-3-21(22)24-16-25(27-23(33-24)5-8-31-28(27)38)34-26-4-2-19(17-32-26)35-9-6-20(37)7-10-35/h1-5,8,15-17,20,37H,6-7,9-14H2,(H,31,38)(H,32,33,34). The van der Waals surface area contributed by atoms with Gasteiger partial charge in [-0.2, -0.15) is 0 Å². The first-order valence-corrected chi connectivity index (χ1v) is 13.3. The van der Waals surface area contributed by atoms with E-state index < -0.39 is 5.82 Å². The number of hydrogen-bond donors (Lipinski definition) is 3. The zero-order chi connectivity index (χ0) is 27.6. The van der Waals surface area contributed by atoms with E-state index in [4.69, 9.17) is 4.74 Å². The summed E-state index contributed by atoms with van der Waals surface area (Å²) in [5.74, 6) is -0.324. The summed E-state index contributed by atoms with van der Waals surface area (Å²) in [6.45, 7) is 3.37. The number of piperidine rings is 1. The number of aromatic amines is 1. The van der Waals surface area contributed by atoms with Gasteiger partial charge in [0.05, 0.1) is 53.5 Å². The van der Waals surface area contributed by atoms with Crippen molar-refractivity contribution in [1.29, 1.82) is 0 Å². The van der Waals surface area contributed by atoms with E-state index in [9.17, 15) is 14.7 Å². The Balaban J connectivity index is 1.31. The van der Waals surface area contributed by atoms with E-state index >= 15 is 4.39 Å². The Morgan fingerprint density at radius 3 is 2.60 bits per heavy atom. The Morgan fingerprint density at radius 1 is 1.07 bits per heavy atom. The molecule has 3 aromatic heterocycles. The maximum absolute atomic E-state index is 15.4. The highest BCUT2D eigenvalue weighted by molar-refractivity contribution is 5.96. The number of nitrogens with zero attached hydrogens (tertiary/aromatic N) is 4. The second kappa shape index (κ2) is 11.0. The fourth-order valence-electron chi connectivity index (χ4n) is 5.14. The molecule has 6 rings (SSSR count). The van der Waals surface area contributed by atoms with Crippen molar-refractivity contribution in [2.45, 2.75) is 18.9 Å². The van der Waals surface area contributed by atoms with Crippen LogP contribution in [0.1, 0.15) is 23.2 Å². The van der Waals surface area contributed by atoms with Crippen LogP contribution in [-0.4, -0.2) is 76.4 Å². The van der Waals surface area contributed by atoms with Gasteiger partial charge in [0.2, 0.25) is 0 Å². The quantitative estimate of drug-likeness (QED) is 0.350. The average Bonchev–Trinajstić information content (AvgIpc) is 2.98. The van der Waals surface area contributed by atoms with E-state index in [-0.39, 0.29) is 28.7 Å². The zero-order valence-electron chi connectivity index (χ0n) is 21.8. The zero-order valence-corrected chi connectivity index (χ0v) is 21.8. The molecule has 0 unspecified atom stereocenters. The minimum Gasteiger partial charge on any atom is -0.393 e. The number of nitrogens with one attached hydrogen (secondary N) is 2. The SMILES string of the molecule is O=C(c1ccc(-c2cc(Nc3ccc(N4CCC(O)CC4)cn3)c3c(=O)[nH]ccc3n2)c(F)c1)N1CCOCC1. The van der Waals surface area contributed by atoms with Crippen molar-refractivity contribution in [3.05, 3.63) is 76.6 Å². The van der Waals surface area contributed by atoms with E-state index in [1.807, 2.05) is 12.1 Å². The molecule has 2 fully saturated rings. The number of rotatable bonds is 5. The van der Waals surface area contributed by atoms with Gasteiger partial charge in [-0.25, -0.2) is 14.4 Å². The summed E-state index contributed by atoms with van der Waals surface area (Å²) in [4.78, 5) is 41.2. The van der Waals surface area contributed by atoms with Gasteiger partial charge in [-0.1, -0.05) is 0 Å². The number of carbonyl (C=O) groups is 1. The topological polar surface area (TPSA) is 124 Å². The number of aliphatic hydroxyl groups excluding tert-OH is 1. The van der Waals surface area contributed by atoms with E-state index in [1.165, 1.54) is 18.3 Å². The van der Waals surface area contributed by atoms with E-state index in [1.54, 1.807) is 29.3 Å². The molecule has 3 N–H and O–H groups in total. The van der Waals surface area contributed by atoms with E-state index in [2.05, 4.69) is 25.2 Å². The molecule has 0 spiro atoms. The lowest BCUT2D eigenvalue weighted by molar-refractivity contribution is 0.0302. The summed E-state index contributed by atoms with van der Waals surface area (Å²) < 4.78 is 20.7. The minimum absolute atomic E-state index is 0.208. The molecule has 0 saturated carbocycles. The maximum atomic E-state index is 15.4. The predicted octanol–water partition coefficient (Wildman–Crippen LogP) is 3.30. The number of hydrogen-bond acceptors (Lipinski definition) is 8. The Labute approximate surface area is 229 Å². The van der Waals surface area contributed by atoms with Crippen molar-refractivity contribution in [3.63, 3.8) is 0 Å². The summed E-state index contributed by atoms with van der Waals surface area (Å²) in [6, 6.07) is 11.4. The van der Waals surface area contributed by atoms with Crippen molar-refractivity contribution in [2.24, 2.45) is 0 Å². The van der Waals surface area contributed by atoms with Gasteiger partial charge >= 0.3 is 0 Å². The summed E-state index contributed by atoms with van der Waals surface area (Å²) >= 11 is 0. The van der Waals surface area contributed by atoms with Crippen LogP contribution in [0.2, 0.25) is 0 Å². The number of carbonyl (C=O) groups excluding carboxylic acids is 1. The van der Waals surface area contributed by atoms with Crippen molar-refractivity contribution in [3.8, 4) is 11.3 Å². The van der Waals surface area contributed by atoms with Crippen LogP contribution in [0.15, 0.2) is 59.7 Å². The molecule has 2 aliphatic heterocycles. The molecule has 206 valence electrons. The fraction of sp³-hybridized carbons (Fsp3) is 0.310. The lowest BCUT2D eigenvalue weighted by atomic mass is 10.0. The largest absolute Gasteiger partial charge is 0.393 e. The summed E-state index contributed by atoms with van der Waals surface area (Å²) in [6.07, 6.45) is 4.41. The summed E-state index contributed by atoms with van der Waals surface area (Å²) in [7, 11) is 0. The van der Waals surface area contributed by atoms with Crippen LogP contribution in [0.3, 0.4) is 0 Å². The predicted molar refractivity (Wildman–Crippen MR) is 149 cm³/mol.